The first kappa shape index (κ1) is 15.8. The highest BCUT2D eigenvalue weighted by molar-refractivity contribution is 8.14. The maximum atomic E-state index is 12.4. The van der Waals surface area contributed by atoms with Crippen molar-refractivity contribution in [2.45, 2.75) is 17.2 Å². The summed E-state index contributed by atoms with van der Waals surface area (Å²) >= 11 is 0. The Hall–Kier alpha value is -1.23. The van der Waals surface area contributed by atoms with Gasteiger partial charge in [-0.15, -0.1) is 0 Å². The Balaban J connectivity index is 3.60. The molecule has 11 heteroatoms. The average Bonchev–Trinajstić information content (AvgIpc) is 2.26. The van der Waals surface area contributed by atoms with E-state index in [4.69, 9.17) is 5.02 Å². The van der Waals surface area contributed by atoms with Crippen molar-refractivity contribution in [2.24, 2.45) is 0 Å². The molecule has 0 heterocycles. The first-order valence-corrected chi connectivity index (χ1v) is 5.94. The van der Waals surface area contributed by atoms with E-state index in [1.165, 1.54) is 0 Å². The summed E-state index contributed by atoms with van der Waals surface area (Å²) in [5.74, 6) is 0. The van der Waals surface area contributed by atoms with Crippen molar-refractivity contribution < 1.29 is 39.8 Å². The number of hydrogen-bond donors (Lipinski definition) is 1. The van der Waals surface area contributed by atoms with Crippen LogP contribution in [-0.2, 0) is 22.0 Å². The fourth-order valence-corrected chi connectivity index (χ4v) is 1.86. The van der Waals surface area contributed by atoms with E-state index in [0.717, 1.165) is 0 Å². The minimum atomic E-state index is -5.15. The summed E-state index contributed by atoms with van der Waals surface area (Å²) in [7, 11) is -4.73. The monoisotopic (exact) mass is 305 g/mol. The summed E-state index contributed by atoms with van der Waals surface area (Å²) in [5.41, 5.74) is -3.55. The molecule has 0 saturated heterocycles. The van der Waals surface area contributed by atoms with Crippen LogP contribution in [-0.4, -0.2) is 20.2 Å². The summed E-state index contributed by atoms with van der Waals surface area (Å²) in [6.07, 6.45) is -10.3. The first-order valence-electron chi connectivity index (χ1n) is 4.40. The molecule has 0 aliphatic rings. The standard InChI is InChI=1S/C8H4BF6O3S/c10-7(11,12)4-1-5(8(13,14)15)3-6(2-4)19(17,18)9-16/h1-3,16H. The second kappa shape index (κ2) is 4.71. The van der Waals surface area contributed by atoms with E-state index in [1.54, 1.807) is 0 Å². The maximum Gasteiger partial charge on any atom is 0.458 e. The summed E-state index contributed by atoms with van der Waals surface area (Å²) in [5, 5.41) is 8.36. The van der Waals surface area contributed by atoms with Crippen LogP contribution in [0.1, 0.15) is 11.1 Å². The van der Waals surface area contributed by atoms with Crippen LogP contribution >= 0.6 is 0 Å². The van der Waals surface area contributed by atoms with Crippen molar-refractivity contribution in [2.75, 3.05) is 0 Å². The van der Waals surface area contributed by atoms with Crippen LogP contribution in [0, 0.1) is 0 Å². The Morgan fingerprint density at radius 3 is 1.53 bits per heavy atom. The summed E-state index contributed by atoms with van der Waals surface area (Å²) in [4.78, 5) is -1.29. The van der Waals surface area contributed by atoms with Gasteiger partial charge in [0.1, 0.15) is 0 Å². The lowest BCUT2D eigenvalue weighted by Gasteiger charge is -2.13. The molecule has 0 saturated carbocycles. The molecule has 0 fully saturated rings. The molecule has 19 heavy (non-hydrogen) atoms. The van der Waals surface area contributed by atoms with Crippen LogP contribution < -0.4 is 0 Å². The molecular weight excluding hydrogens is 301 g/mol. The van der Waals surface area contributed by atoms with Crippen LogP contribution in [0.5, 0.6) is 0 Å². The lowest BCUT2D eigenvalue weighted by molar-refractivity contribution is -0.143. The predicted octanol–water partition coefficient (Wildman–Crippen LogP) is 2.02. The second-order valence-corrected chi connectivity index (χ2v) is 5.16. The molecule has 1 radical (unpaired) electrons. The van der Waals surface area contributed by atoms with Crippen LogP contribution in [0.3, 0.4) is 0 Å². The van der Waals surface area contributed by atoms with Gasteiger partial charge in [0.2, 0.25) is 0 Å². The van der Waals surface area contributed by atoms with Crippen molar-refractivity contribution in [3.05, 3.63) is 29.3 Å². The highest BCUT2D eigenvalue weighted by atomic mass is 32.2. The van der Waals surface area contributed by atoms with Gasteiger partial charge in [-0.1, -0.05) is 0 Å². The van der Waals surface area contributed by atoms with Crippen molar-refractivity contribution in [1.29, 1.82) is 0 Å². The van der Waals surface area contributed by atoms with Crippen LogP contribution in [0.4, 0.5) is 26.3 Å². The molecule has 3 nitrogen and oxygen atoms in total. The number of halogens is 6. The quantitative estimate of drug-likeness (QED) is 0.672. The average molecular weight is 305 g/mol. The number of benzene rings is 1. The SMILES string of the molecule is O=S(=O)([B]O)c1cc(C(F)(F)F)cc(C(F)(F)F)c1. The predicted molar refractivity (Wildman–Crippen MR) is 51.6 cm³/mol. The minimum absolute atomic E-state index is 0.0112. The van der Waals surface area contributed by atoms with E-state index >= 15 is 0 Å². The second-order valence-electron chi connectivity index (χ2n) is 3.39. The lowest BCUT2D eigenvalue weighted by Crippen LogP contribution is -2.16. The molecular formula is C8H4BF6O3S. The first-order chi connectivity index (χ1) is 8.38. The van der Waals surface area contributed by atoms with Crippen molar-refractivity contribution in [3.63, 3.8) is 0 Å². The highest BCUT2D eigenvalue weighted by Crippen LogP contribution is 2.37. The molecule has 0 aliphatic carbocycles. The third kappa shape index (κ3) is 3.63. The van der Waals surface area contributed by atoms with Gasteiger partial charge in [-0.05, 0) is 18.2 Å². The Labute approximate surface area is 103 Å². The van der Waals surface area contributed by atoms with Gasteiger partial charge in [-0.3, -0.25) is 0 Å². The zero-order valence-corrected chi connectivity index (χ0v) is 9.57. The normalized spacial score (nSPS) is 13.4. The molecule has 1 aromatic carbocycles. The van der Waals surface area contributed by atoms with Gasteiger partial charge in [-0.25, -0.2) is 8.42 Å². The van der Waals surface area contributed by atoms with Gasteiger partial charge < -0.3 is 5.02 Å². The lowest BCUT2D eigenvalue weighted by atomic mass is 10.1. The van der Waals surface area contributed by atoms with E-state index in [9.17, 15) is 34.8 Å². The molecule has 0 aromatic heterocycles. The fraction of sp³-hybridized carbons (Fsp3) is 0.250. The third-order valence-corrected chi connectivity index (χ3v) is 3.20. The molecule has 0 atom stereocenters. The van der Waals surface area contributed by atoms with Gasteiger partial charge in [0.15, 0.2) is 9.69 Å². The molecule has 1 N–H and O–H groups in total. The van der Waals surface area contributed by atoms with Crippen molar-refractivity contribution in [3.8, 4) is 0 Å². The van der Waals surface area contributed by atoms with Gasteiger partial charge in [-0.2, -0.15) is 26.3 Å². The molecule has 0 aliphatic heterocycles. The molecule has 0 bridgehead atoms. The van der Waals surface area contributed by atoms with E-state index in [2.05, 4.69) is 0 Å². The van der Waals surface area contributed by atoms with Gasteiger partial charge in [0.05, 0.1) is 16.0 Å². The number of alkyl halides is 6. The molecule has 0 spiro atoms. The topological polar surface area (TPSA) is 54.4 Å². The van der Waals surface area contributed by atoms with Gasteiger partial charge >= 0.3 is 19.1 Å². The fourth-order valence-electron chi connectivity index (χ4n) is 1.15. The number of rotatable bonds is 2. The largest absolute Gasteiger partial charge is 0.458 e. The Morgan fingerprint density at radius 1 is 0.895 bits per heavy atom. The van der Waals surface area contributed by atoms with E-state index < -0.39 is 44.8 Å². The molecule has 0 amide bonds. The maximum absolute atomic E-state index is 12.4. The molecule has 1 rings (SSSR count). The molecule has 1 aromatic rings. The summed E-state index contributed by atoms with van der Waals surface area (Å²) in [6.45, 7) is -0.470. The van der Waals surface area contributed by atoms with Crippen LogP contribution in [0.15, 0.2) is 23.1 Å². The van der Waals surface area contributed by atoms with E-state index in [1.807, 2.05) is 0 Å². The number of hydrogen-bond acceptors (Lipinski definition) is 3. The highest BCUT2D eigenvalue weighted by Gasteiger charge is 2.38. The minimum Gasteiger partial charge on any atom is -0.440 e. The van der Waals surface area contributed by atoms with E-state index in [0.29, 0.717) is 0 Å². The van der Waals surface area contributed by atoms with Gasteiger partial charge in [0, 0.05) is 0 Å². The van der Waals surface area contributed by atoms with E-state index in [-0.39, 0.29) is 18.2 Å². The van der Waals surface area contributed by atoms with Gasteiger partial charge in [0.25, 0.3) is 0 Å². The zero-order valence-electron chi connectivity index (χ0n) is 8.75. The molecule has 105 valence electrons. The summed E-state index contributed by atoms with van der Waals surface area (Å²) in [6, 6.07) is -0.190. The van der Waals surface area contributed by atoms with Crippen molar-refractivity contribution >= 4 is 16.4 Å². The smallest absolute Gasteiger partial charge is 0.440 e. The van der Waals surface area contributed by atoms with Crippen LogP contribution in [0.2, 0.25) is 0 Å². The van der Waals surface area contributed by atoms with Crippen LogP contribution in [0.25, 0.3) is 0 Å². The Bertz CT molecular complexity index is 545. The molecule has 0 unspecified atom stereocenters. The Morgan fingerprint density at radius 2 is 1.26 bits per heavy atom. The zero-order chi connectivity index (χ0) is 15.1. The Kier molecular flexibility index (Phi) is 3.92. The summed E-state index contributed by atoms with van der Waals surface area (Å²) < 4.78 is 96.6. The van der Waals surface area contributed by atoms with Crippen molar-refractivity contribution in [1.82, 2.24) is 0 Å². The third-order valence-electron chi connectivity index (χ3n) is 2.03.